The maximum atomic E-state index is 6.09. The molecule has 0 amide bonds. The Morgan fingerprint density at radius 2 is 2.11 bits per heavy atom. The number of ether oxygens (including phenoxy) is 1. The molecule has 4 heteroatoms. The summed E-state index contributed by atoms with van der Waals surface area (Å²) in [6.07, 6.45) is 1.14. The van der Waals surface area contributed by atoms with Crippen LogP contribution in [0.4, 0.5) is 5.69 Å². The van der Waals surface area contributed by atoms with Gasteiger partial charge in [0.2, 0.25) is 0 Å². The molecule has 1 fully saturated rings. The van der Waals surface area contributed by atoms with Gasteiger partial charge in [0, 0.05) is 30.3 Å². The quantitative estimate of drug-likeness (QED) is 0.831. The van der Waals surface area contributed by atoms with Crippen LogP contribution in [0, 0.1) is 6.92 Å². The average Bonchev–Trinajstić information content (AvgIpc) is 2.40. The largest absolute Gasteiger partial charge is 0.385 e. The molecule has 0 unspecified atom stereocenters. The van der Waals surface area contributed by atoms with Gasteiger partial charge < -0.3 is 10.1 Å². The van der Waals surface area contributed by atoms with Crippen LogP contribution in [0.15, 0.2) is 18.2 Å². The van der Waals surface area contributed by atoms with Crippen molar-refractivity contribution >= 4 is 17.3 Å². The normalized spacial score (nSPS) is 16.8. The summed E-state index contributed by atoms with van der Waals surface area (Å²) in [7, 11) is 0. The van der Waals surface area contributed by atoms with Gasteiger partial charge in [0.25, 0.3) is 0 Å². The fraction of sp³-hybridized carbons (Fsp3) is 0.571. The molecule has 1 aliphatic heterocycles. The zero-order valence-electron chi connectivity index (χ0n) is 10.9. The Balaban J connectivity index is 1.70. The third kappa shape index (κ3) is 3.87. The second-order valence-corrected chi connectivity index (χ2v) is 5.05. The van der Waals surface area contributed by atoms with Crippen molar-refractivity contribution in [2.75, 3.05) is 44.7 Å². The summed E-state index contributed by atoms with van der Waals surface area (Å²) in [5, 5.41) is 4.28. The Morgan fingerprint density at radius 1 is 1.33 bits per heavy atom. The lowest BCUT2D eigenvalue weighted by atomic mass is 10.2. The Labute approximate surface area is 114 Å². The van der Waals surface area contributed by atoms with E-state index in [1.165, 1.54) is 0 Å². The van der Waals surface area contributed by atoms with Crippen LogP contribution in [0.25, 0.3) is 0 Å². The van der Waals surface area contributed by atoms with Gasteiger partial charge in [-0.25, -0.2) is 0 Å². The van der Waals surface area contributed by atoms with Crippen molar-refractivity contribution in [2.24, 2.45) is 0 Å². The second kappa shape index (κ2) is 6.98. The molecular weight excluding hydrogens is 248 g/mol. The zero-order valence-corrected chi connectivity index (χ0v) is 11.7. The van der Waals surface area contributed by atoms with Crippen molar-refractivity contribution in [3.8, 4) is 0 Å². The summed E-state index contributed by atoms with van der Waals surface area (Å²) >= 11 is 6.09. The van der Waals surface area contributed by atoms with E-state index >= 15 is 0 Å². The average molecular weight is 269 g/mol. The molecule has 1 saturated heterocycles. The molecule has 0 spiro atoms. The molecule has 1 aromatic carbocycles. The van der Waals surface area contributed by atoms with E-state index in [1.54, 1.807) is 0 Å². The standard InChI is InChI=1S/C14H21ClN2O/c1-12-13(15)4-2-5-14(12)16-6-3-7-17-8-10-18-11-9-17/h2,4-5,16H,3,6-11H2,1H3. The number of anilines is 1. The number of rotatable bonds is 5. The number of halogens is 1. The molecule has 0 saturated carbocycles. The minimum Gasteiger partial charge on any atom is -0.385 e. The van der Waals surface area contributed by atoms with Crippen LogP contribution in [0.2, 0.25) is 5.02 Å². The highest BCUT2D eigenvalue weighted by Crippen LogP contribution is 2.22. The summed E-state index contributed by atoms with van der Waals surface area (Å²) < 4.78 is 5.33. The number of morpholine rings is 1. The third-order valence-corrected chi connectivity index (χ3v) is 3.75. The molecule has 3 nitrogen and oxygen atoms in total. The number of benzene rings is 1. The van der Waals surface area contributed by atoms with Crippen molar-refractivity contribution < 1.29 is 4.74 Å². The van der Waals surface area contributed by atoms with Crippen LogP contribution in [0.1, 0.15) is 12.0 Å². The van der Waals surface area contributed by atoms with Crippen molar-refractivity contribution in [3.05, 3.63) is 28.8 Å². The molecule has 1 N–H and O–H groups in total. The van der Waals surface area contributed by atoms with E-state index in [1.807, 2.05) is 19.1 Å². The van der Waals surface area contributed by atoms with Crippen LogP contribution in [-0.4, -0.2) is 44.3 Å². The first-order valence-corrected chi connectivity index (χ1v) is 6.94. The van der Waals surface area contributed by atoms with Crippen molar-refractivity contribution in [2.45, 2.75) is 13.3 Å². The molecule has 2 rings (SSSR count). The van der Waals surface area contributed by atoms with Crippen molar-refractivity contribution in [3.63, 3.8) is 0 Å². The van der Waals surface area contributed by atoms with Crippen LogP contribution in [-0.2, 0) is 4.74 Å². The SMILES string of the molecule is Cc1c(Cl)cccc1NCCCN1CCOCC1. The molecule has 0 aliphatic carbocycles. The molecule has 18 heavy (non-hydrogen) atoms. The second-order valence-electron chi connectivity index (χ2n) is 4.65. The Morgan fingerprint density at radius 3 is 2.89 bits per heavy atom. The highest BCUT2D eigenvalue weighted by molar-refractivity contribution is 6.31. The molecule has 0 atom stereocenters. The van der Waals surface area contributed by atoms with Crippen molar-refractivity contribution in [1.29, 1.82) is 0 Å². The molecule has 0 radical (unpaired) electrons. The number of nitrogens with zero attached hydrogens (tertiary/aromatic N) is 1. The Bertz CT molecular complexity index is 378. The summed E-state index contributed by atoms with van der Waals surface area (Å²) in [4.78, 5) is 2.45. The highest BCUT2D eigenvalue weighted by atomic mass is 35.5. The highest BCUT2D eigenvalue weighted by Gasteiger charge is 2.09. The number of nitrogens with one attached hydrogen (secondary N) is 1. The molecule has 0 bridgehead atoms. The molecule has 1 heterocycles. The van der Waals surface area contributed by atoms with Gasteiger partial charge in [-0.2, -0.15) is 0 Å². The van der Waals surface area contributed by atoms with Gasteiger partial charge in [-0.05, 0) is 37.6 Å². The van der Waals surface area contributed by atoms with Gasteiger partial charge in [-0.1, -0.05) is 17.7 Å². The van der Waals surface area contributed by atoms with Gasteiger partial charge in [0.1, 0.15) is 0 Å². The molecule has 100 valence electrons. The fourth-order valence-corrected chi connectivity index (χ4v) is 2.32. The maximum absolute atomic E-state index is 6.09. The fourth-order valence-electron chi connectivity index (χ4n) is 2.15. The van der Waals surface area contributed by atoms with Crippen LogP contribution in [0.5, 0.6) is 0 Å². The molecule has 1 aliphatic rings. The lowest BCUT2D eigenvalue weighted by molar-refractivity contribution is 0.0378. The Kier molecular flexibility index (Phi) is 5.29. The smallest absolute Gasteiger partial charge is 0.0594 e. The van der Waals surface area contributed by atoms with Crippen LogP contribution < -0.4 is 5.32 Å². The van der Waals surface area contributed by atoms with E-state index in [4.69, 9.17) is 16.3 Å². The Hall–Kier alpha value is -0.770. The van der Waals surface area contributed by atoms with E-state index in [0.29, 0.717) is 0 Å². The van der Waals surface area contributed by atoms with Gasteiger partial charge >= 0.3 is 0 Å². The monoisotopic (exact) mass is 268 g/mol. The summed E-state index contributed by atoms with van der Waals surface area (Å²) in [6.45, 7) is 8.05. The maximum Gasteiger partial charge on any atom is 0.0594 e. The summed E-state index contributed by atoms with van der Waals surface area (Å²) in [5.41, 5.74) is 2.27. The van der Waals surface area contributed by atoms with Gasteiger partial charge in [0.05, 0.1) is 13.2 Å². The van der Waals surface area contributed by atoms with Gasteiger partial charge in [-0.15, -0.1) is 0 Å². The molecule has 0 aromatic heterocycles. The first-order valence-electron chi connectivity index (χ1n) is 6.56. The summed E-state index contributed by atoms with van der Waals surface area (Å²) in [6, 6.07) is 5.99. The van der Waals surface area contributed by atoms with Crippen LogP contribution in [0.3, 0.4) is 0 Å². The third-order valence-electron chi connectivity index (χ3n) is 3.34. The predicted molar refractivity (Wildman–Crippen MR) is 76.6 cm³/mol. The lowest BCUT2D eigenvalue weighted by Gasteiger charge is -2.26. The van der Waals surface area contributed by atoms with E-state index < -0.39 is 0 Å². The number of hydrogen-bond donors (Lipinski definition) is 1. The lowest BCUT2D eigenvalue weighted by Crippen LogP contribution is -2.37. The minimum absolute atomic E-state index is 0.827. The van der Waals surface area contributed by atoms with E-state index in [9.17, 15) is 0 Å². The zero-order chi connectivity index (χ0) is 12.8. The van der Waals surface area contributed by atoms with E-state index in [0.717, 1.165) is 62.1 Å². The topological polar surface area (TPSA) is 24.5 Å². The molecule has 1 aromatic rings. The number of hydrogen-bond acceptors (Lipinski definition) is 3. The first-order chi connectivity index (χ1) is 8.77. The summed E-state index contributed by atoms with van der Waals surface area (Å²) in [5.74, 6) is 0. The molecular formula is C14H21ClN2O. The van der Waals surface area contributed by atoms with Gasteiger partial charge in [0.15, 0.2) is 0 Å². The van der Waals surface area contributed by atoms with E-state index in [-0.39, 0.29) is 0 Å². The first kappa shape index (κ1) is 13.7. The predicted octanol–water partition coefficient (Wildman–Crippen LogP) is 2.78. The minimum atomic E-state index is 0.827. The van der Waals surface area contributed by atoms with Crippen molar-refractivity contribution in [1.82, 2.24) is 4.90 Å². The van der Waals surface area contributed by atoms with E-state index in [2.05, 4.69) is 16.3 Å². The van der Waals surface area contributed by atoms with Crippen LogP contribution >= 0.6 is 11.6 Å². The van der Waals surface area contributed by atoms with Gasteiger partial charge in [-0.3, -0.25) is 4.90 Å².